The minimum atomic E-state index is -0.239. The largest absolute Gasteiger partial charge is 0.484 e. The van der Waals surface area contributed by atoms with E-state index >= 15 is 0 Å². The molecular formula is C13H14BrN3O2. The van der Waals surface area contributed by atoms with Crippen molar-refractivity contribution in [2.45, 2.75) is 13.3 Å². The molecule has 2 rings (SSSR count). The van der Waals surface area contributed by atoms with Crippen LogP contribution in [0.15, 0.2) is 34.8 Å². The fraction of sp³-hybridized carbons (Fsp3) is 0.231. The third kappa shape index (κ3) is 4.10. The van der Waals surface area contributed by atoms with Crippen molar-refractivity contribution < 1.29 is 9.53 Å². The van der Waals surface area contributed by atoms with Gasteiger partial charge in [-0.3, -0.25) is 9.89 Å². The Morgan fingerprint density at radius 3 is 2.79 bits per heavy atom. The molecule has 2 aromatic rings. The molecule has 0 radical (unpaired) electrons. The number of nitrogens with zero attached hydrogens (tertiary/aromatic N) is 1. The molecule has 1 amide bonds. The number of rotatable bonds is 5. The maximum absolute atomic E-state index is 11.7. The number of aromatic amines is 1. The lowest BCUT2D eigenvalue weighted by Crippen LogP contribution is -2.20. The number of H-pyrrole nitrogens is 1. The highest BCUT2D eigenvalue weighted by molar-refractivity contribution is 9.10. The summed E-state index contributed by atoms with van der Waals surface area (Å²) in [6.45, 7) is 1.96. The van der Waals surface area contributed by atoms with Crippen molar-refractivity contribution in [2.24, 2.45) is 0 Å². The van der Waals surface area contributed by atoms with Gasteiger partial charge in [0.05, 0.1) is 0 Å². The first-order chi connectivity index (χ1) is 9.17. The first kappa shape index (κ1) is 13.6. The summed E-state index contributed by atoms with van der Waals surface area (Å²) in [7, 11) is 0. The molecule has 1 heterocycles. The lowest BCUT2D eigenvalue weighted by atomic mass is 10.3. The number of carbonyl (C=O) groups is 1. The molecule has 0 fully saturated rings. The van der Waals surface area contributed by atoms with E-state index in [0.717, 1.165) is 16.6 Å². The molecule has 100 valence electrons. The van der Waals surface area contributed by atoms with Gasteiger partial charge in [-0.1, -0.05) is 22.9 Å². The molecule has 0 aliphatic carbocycles. The van der Waals surface area contributed by atoms with Gasteiger partial charge in [-0.25, -0.2) is 0 Å². The van der Waals surface area contributed by atoms with E-state index in [9.17, 15) is 4.79 Å². The van der Waals surface area contributed by atoms with Crippen LogP contribution in [-0.4, -0.2) is 22.7 Å². The molecule has 0 aliphatic rings. The molecule has 0 bridgehead atoms. The van der Waals surface area contributed by atoms with E-state index in [4.69, 9.17) is 4.74 Å². The first-order valence-electron chi connectivity index (χ1n) is 5.90. The zero-order valence-corrected chi connectivity index (χ0v) is 12.0. The first-order valence-corrected chi connectivity index (χ1v) is 6.69. The summed E-state index contributed by atoms with van der Waals surface area (Å²) in [6.07, 6.45) is 0.845. The van der Waals surface area contributed by atoms with Crippen molar-refractivity contribution in [2.75, 3.05) is 11.9 Å². The number of benzene rings is 1. The summed E-state index contributed by atoms with van der Waals surface area (Å²) in [6, 6.07) is 9.10. The Labute approximate surface area is 119 Å². The molecule has 0 aliphatic heterocycles. The normalized spacial score (nSPS) is 10.2. The van der Waals surface area contributed by atoms with Crippen molar-refractivity contribution in [3.05, 3.63) is 40.5 Å². The minimum Gasteiger partial charge on any atom is -0.484 e. The van der Waals surface area contributed by atoms with Gasteiger partial charge in [-0.15, -0.1) is 0 Å². The van der Waals surface area contributed by atoms with Crippen LogP contribution in [0.2, 0.25) is 0 Å². The molecule has 5 nitrogen and oxygen atoms in total. The summed E-state index contributed by atoms with van der Waals surface area (Å²) < 4.78 is 6.32. The molecule has 0 saturated carbocycles. The zero-order valence-electron chi connectivity index (χ0n) is 10.4. The van der Waals surface area contributed by atoms with E-state index in [-0.39, 0.29) is 12.5 Å². The fourth-order valence-electron chi connectivity index (χ4n) is 1.47. The number of carbonyl (C=O) groups excluding carboxylic acids is 1. The van der Waals surface area contributed by atoms with E-state index in [1.54, 1.807) is 18.2 Å². The molecule has 1 aromatic carbocycles. The van der Waals surface area contributed by atoms with E-state index in [1.165, 1.54) is 0 Å². The second kappa shape index (κ2) is 6.38. The summed E-state index contributed by atoms with van der Waals surface area (Å²) in [4.78, 5) is 11.7. The van der Waals surface area contributed by atoms with Crippen LogP contribution in [0, 0.1) is 0 Å². The van der Waals surface area contributed by atoms with Gasteiger partial charge in [-0.2, -0.15) is 5.10 Å². The SMILES string of the molecule is CCc1cc(NC(=O)COc2ccc(Br)cc2)n[nH]1. The van der Waals surface area contributed by atoms with E-state index in [2.05, 4.69) is 31.4 Å². The number of nitrogens with one attached hydrogen (secondary N) is 2. The number of halogens is 1. The molecule has 0 unspecified atom stereocenters. The van der Waals surface area contributed by atoms with Gasteiger partial charge in [-0.05, 0) is 30.7 Å². The Kier molecular flexibility index (Phi) is 4.57. The summed E-state index contributed by atoms with van der Waals surface area (Å²) in [5.41, 5.74) is 0.976. The average Bonchev–Trinajstić information content (AvgIpc) is 2.86. The number of anilines is 1. The highest BCUT2D eigenvalue weighted by atomic mass is 79.9. The van der Waals surface area contributed by atoms with Crippen molar-refractivity contribution in [1.29, 1.82) is 0 Å². The number of hydrogen-bond acceptors (Lipinski definition) is 3. The minimum absolute atomic E-state index is 0.0457. The molecule has 19 heavy (non-hydrogen) atoms. The van der Waals surface area contributed by atoms with Crippen LogP contribution in [0.4, 0.5) is 5.82 Å². The Hall–Kier alpha value is -1.82. The standard InChI is InChI=1S/C13H14BrN3O2/c1-2-10-7-12(17-16-10)15-13(18)8-19-11-5-3-9(14)4-6-11/h3-7H,2,8H2,1H3,(H2,15,16,17,18). The number of hydrogen-bond donors (Lipinski definition) is 2. The zero-order chi connectivity index (χ0) is 13.7. The van der Waals surface area contributed by atoms with Crippen LogP contribution < -0.4 is 10.1 Å². The quantitative estimate of drug-likeness (QED) is 0.889. The third-order valence-electron chi connectivity index (χ3n) is 2.46. The van der Waals surface area contributed by atoms with Gasteiger partial charge in [0.15, 0.2) is 12.4 Å². The Morgan fingerprint density at radius 1 is 1.42 bits per heavy atom. The van der Waals surface area contributed by atoms with Crippen molar-refractivity contribution in [1.82, 2.24) is 10.2 Å². The maximum atomic E-state index is 11.7. The predicted octanol–water partition coefficient (Wildman–Crippen LogP) is 2.75. The van der Waals surface area contributed by atoms with E-state index in [1.807, 2.05) is 19.1 Å². The van der Waals surface area contributed by atoms with Crippen LogP contribution in [0.3, 0.4) is 0 Å². The number of amides is 1. The second-order valence-electron chi connectivity index (χ2n) is 3.92. The summed E-state index contributed by atoms with van der Waals surface area (Å²) >= 11 is 3.33. The summed E-state index contributed by atoms with van der Waals surface area (Å²) in [5, 5.41) is 9.47. The fourth-order valence-corrected chi connectivity index (χ4v) is 1.73. The number of aryl methyl sites for hydroxylation is 1. The molecule has 0 spiro atoms. The number of aromatic nitrogens is 2. The molecular weight excluding hydrogens is 310 g/mol. The van der Waals surface area contributed by atoms with Crippen molar-refractivity contribution in [3.63, 3.8) is 0 Å². The smallest absolute Gasteiger partial charge is 0.263 e. The lowest BCUT2D eigenvalue weighted by molar-refractivity contribution is -0.118. The Bertz CT molecular complexity index is 551. The van der Waals surface area contributed by atoms with Crippen LogP contribution in [0.5, 0.6) is 5.75 Å². The van der Waals surface area contributed by atoms with Gasteiger partial charge in [0.2, 0.25) is 0 Å². The maximum Gasteiger partial charge on any atom is 0.263 e. The van der Waals surface area contributed by atoms with E-state index < -0.39 is 0 Å². The van der Waals surface area contributed by atoms with Crippen molar-refractivity contribution >= 4 is 27.7 Å². The monoisotopic (exact) mass is 323 g/mol. The second-order valence-corrected chi connectivity index (χ2v) is 4.84. The van der Waals surface area contributed by atoms with Crippen LogP contribution >= 0.6 is 15.9 Å². The topological polar surface area (TPSA) is 67.0 Å². The molecule has 0 atom stereocenters. The molecule has 6 heteroatoms. The number of ether oxygens (including phenoxy) is 1. The molecule has 1 aromatic heterocycles. The van der Waals surface area contributed by atoms with Crippen LogP contribution in [0.1, 0.15) is 12.6 Å². The Balaban J connectivity index is 1.82. The highest BCUT2D eigenvalue weighted by Crippen LogP contribution is 2.16. The van der Waals surface area contributed by atoms with Gasteiger partial charge in [0.1, 0.15) is 5.75 Å². The molecule has 2 N–H and O–H groups in total. The van der Waals surface area contributed by atoms with Crippen molar-refractivity contribution in [3.8, 4) is 5.75 Å². The van der Waals surface area contributed by atoms with Crippen LogP contribution in [-0.2, 0) is 11.2 Å². The van der Waals surface area contributed by atoms with Gasteiger partial charge in [0, 0.05) is 16.2 Å². The predicted molar refractivity (Wildman–Crippen MR) is 76.2 cm³/mol. The van der Waals surface area contributed by atoms with Gasteiger partial charge >= 0.3 is 0 Å². The Morgan fingerprint density at radius 2 is 2.16 bits per heavy atom. The molecule has 0 saturated heterocycles. The summed E-state index contributed by atoms with van der Waals surface area (Å²) in [5.74, 6) is 0.924. The van der Waals surface area contributed by atoms with Crippen LogP contribution in [0.25, 0.3) is 0 Å². The average molecular weight is 324 g/mol. The highest BCUT2D eigenvalue weighted by Gasteiger charge is 2.06. The van der Waals surface area contributed by atoms with Gasteiger partial charge < -0.3 is 10.1 Å². The van der Waals surface area contributed by atoms with Gasteiger partial charge in [0.25, 0.3) is 5.91 Å². The third-order valence-corrected chi connectivity index (χ3v) is 2.99. The van der Waals surface area contributed by atoms with E-state index in [0.29, 0.717) is 11.6 Å². The lowest BCUT2D eigenvalue weighted by Gasteiger charge is -2.05.